The first-order chi connectivity index (χ1) is 8.47. The van der Waals surface area contributed by atoms with Crippen molar-refractivity contribution in [3.63, 3.8) is 0 Å². The maximum absolute atomic E-state index is 6.50. The highest BCUT2D eigenvalue weighted by molar-refractivity contribution is 6.87. The molecule has 0 aromatic heterocycles. The van der Waals surface area contributed by atoms with Gasteiger partial charge in [-0.1, -0.05) is 39.0 Å². The highest BCUT2D eigenvalue weighted by Crippen LogP contribution is 2.24. The Bertz CT molecular complexity index is 248. The van der Waals surface area contributed by atoms with Gasteiger partial charge in [-0.05, 0) is 51.9 Å². The van der Waals surface area contributed by atoms with Crippen molar-refractivity contribution in [2.45, 2.75) is 90.9 Å². The van der Waals surface area contributed by atoms with Gasteiger partial charge < -0.3 is 8.23 Å². The van der Waals surface area contributed by atoms with Crippen molar-refractivity contribution < 1.29 is 8.23 Å². The van der Waals surface area contributed by atoms with Crippen LogP contribution >= 0.6 is 0 Å². The number of hydrogen-bond donors (Lipinski definition) is 0. The number of hydrogen-bond acceptors (Lipinski definition) is 2. The Hall–Kier alpha value is 0.571. The van der Waals surface area contributed by atoms with E-state index in [4.69, 9.17) is 8.23 Å². The summed E-state index contributed by atoms with van der Waals surface area (Å²) in [7, 11) is -4.95. The summed E-state index contributed by atoms with van der Waals surface area (Å²) in [6.07, 6.45) is 6.78. The zero-order valence-corrected chi connectivity index (χ0v) is 17.6. The van der Waals surface area contributed by atoms with Crippen molar-refractivity contribution >= 4 is 25.2 Å². The molecule has 0 N–H and O–H groups in total. The minimum absolute atomic E-state index is 1.28. The van der Waals surface area contributed by atoms with Crippen molar-refractivity contribution in [2.75, 3.05) is 0 Å². The molecule has 0 spiro atoms. The second kappa shape index (κ2) is 8.12. The van der Waals surface area contributed by atoms with Crippen LogP contribution in [0, 0.1) is 0 Å². The van der Waals surface area contributed by atoms with Crippen molar-refractivity contribution in [1.29, 1.82) is 0 Å². The molecule has 116 valence electrons. The first kappa shape index (κ1) is 19.6. The molecule has 0 aliphatic rings. The highest BCUT2D eigenvalue weighted by Gasteiger charge is 2.37. The van der Waals surface area contributed by atoms with E-state index in [0.717, 1.165) is 0 Å². The molecule has 0 saturated carbocycles. The second-order valence-corrected chi connectivity index (χ2v) is 20.3. The molecule has 19 heavy (non-hydrogen) atoms. The van der Waals surface area contributed by atoms with Crippen LogP contribution in [0.25, 0.3) is 0 Å². The van der Waals surface area contributed by atoms with Crippen LogP contribution in [0.5, 0.6) is 0 Å². The van der Waals surface area contributed by atoms with E-state index in [-0.39, 0.29) is 0 Å². The lowest BCUT2D eigenvalue weighted by atomic mass is 10.2. The second-order valence-electron chi connectivity index (χ2n) is 7.64. The molecule has 0 atom stereocenters. The lowest BCUT2D eigenvalue weighted by Crippen LogP contribution is -2.51. The van der Waals surface area contributed by atoms with Crippen molar-refractivity contribution in [3.8, 4) is 0 Å². The van der Waals surface area contributed by atoms with Crippen molar-refractivity contribution in [3.05, 3.63) is 0 Å². The molecule has 0 aromatic carbocycles. The molecule has 0 aliphatic heterocycles. The van der Waals surface area contributed by atoms with E-state index in [1.165, 1.54) is 38.1 Å². The molecule has 0 saturated heterocycles. The standard InChI is InChI=1S/C14H36O2Si3/c1-9-10-11-12-13-14-18(5,6)16-19(7,8)15-17(2,3)4/h9-14H2,1-8H3. The Kier molecular flexibility index (Phi) is 8.36. The Morgan fingerprint density at radius 1 is 0.684 bits per heavy atom. The fourth-order valence-electron chi connectivity index (χ4n) is 2.63. The molecule has 0 bridgehead atoms. The summed E-state index contributed by atoms with van der Waals surface area (Å²) in [6.45, 7) is 18.2. The van der Waals surface area contributed by atoms with Gasteiger partial charge in [0.1, 0.15) is 0 Å². The van der Waals surface area contributed by atoms with E-state index < -0.39 is 25.2 Å². The maximum Gasteiger partial charge on any atom is 0.311 e. The summed E-state index contributed by atoms with van der Waals surface area (Å²) >= 11 is 0. The van der Waals surface area contributed by atoms with E-state index in [9.17, 15) is 0 Å². The van der Waals surface area contributed by atoms with E-state index in [1.54, 1.807) is 0 Å². The summed E-state index contributed by atoms with van der Waals surface area (Å²) in [4.78, 5) is 0. The quantitative estimate of drug-likeness (QED) is 0.378. The average Bonchev–Trinajstić information content (AvgIpc) is 2.10. The smallest absolute Gasteiger partial charge is 0.311 e. The van der Waals surface area contributed by atoms with Crippen LogP contribution in [0.4, 0.5) is 0 Å². The summed E-state index contributed by atoms with van der Waals surface area (Å²) in [5, 5.41) is 0. The largest absolute Gasteiger partial charge is 0.437 e. The zero-order valence-electron chi connectivity index (χ0n) is 14.6. The Balaban J connectivity index is 4.12. The van der Waals surface area contributed by atoms with Crippen LogP contribution in [0.1, 0.15) is 39.0 Å². The molecule has 0 rings (SSSR count). The predicted octanol–water partition coefficient (Wildman–Crippen LogP) is 5.73. The molecule has 0 unspecified atom stereocenters. The number of unbranched alkanes of at least 4 members (excludes halogenated alkanes) is 4. The van der Waals surface area contributed by atoms with Gasteiger partial charge in [0.2, 0.25) is 0 Å². The molecule has 0 radical (unpaired) electrons. The molecule has 0 heterocycles. The fourth-order valence-corrected chi connectivity index (χ4v) is 15.9. The van der Waals surface area contributed by atoms with Gasteiger partial charge in [-0.2, -0.15) is 0 Å². The predicted molar refractivity (Wildman–Crippen MR) is 94.0 cm³/mol. The van der Waals surface area contributed by atoms with E-state index in [0.29, 0.717) is 0 Å². The van der Waals surface area contributed by atoms with Gasteiger partial charge in [0.05, 0.1) is 0 Å². The third-order valence-electron chi connectivity index (χ3n) is 2.96. The summed E-state index contributed by atoms with van der Waals surface area (Å²) < 4.78 is 12.8. The third kappa shape index (κ3) is 12.1. The summed E-state index contributed by atoms with van der Waals surface area (Å²) in [6, 6.07) is 1.28. The van der Waals surface area contributed by atoms with Gasteiger partial charge in [0.25, 0.3) is 0 Å². The van der Waals surface area contributed by atoms with Gasteiger partial charge >= 0.3 is 8.56 Å². The molecule has 0 aromatic rings. The average molecular weight is 321 g/mol. The van der Waals surface area contributed by atoms with Crippen LogP contribution in [0.3, 0.4) is 0 Å². The van der Waals surface area contributed by atoms with Gasteiger partial charge in [0.15, 0.2) is 16.6 Å². The van der Waals surface area contributed by atoms with Gasteiger partial charge in [-0.25, -0.2) is 0 Å². The molecule has 0 fully saturated rings. The molecular weight excluding hydrogens is 284 g/mol. The fraction of sp³-hybridized carbons (Fsp3) is 1.00. The summed E-state index contributed by atoms with van der Waals surface area (Å²) in [5.41, 5.74) is 0. The van der Waals surface area contributed by atoms with Crippen LogP contribution in [-0.4, -0.2) is 25.2 Å². The third-order valence-corrected chi connectivity index (χ3v) is 13.1. The SMILES string of the molecule is CCCCCCC[Si](C)(C)O[Si](C)(C)O[Si](C)(C)C. The Morgan fingerprint density at radius 2 is 1.21 bits per heavy atom. The topological polar surface area (TPSA) is 18.5 Å². The Morgan fingerprint density at radius 3 is 1.68 bits per heavy atom. The van der Waals surface area contributed by atoms with Crippen molar-refractivity contribution in [2.24, 2.45) is 0 Å². The van der Waals surface area contributed by atoms with Crippen LogP contribution in [0.15, 0.2) is 0 Å². The Labute approximate surface area is 124 Å². The lowest BCUT2D eigenvalue weighted by Gasteiger charge is -2.37. The van der Waals surface area contributed by atoms with Gasteiger partial charge in [0, 0.05) is 0 Å². The normalized spacial score (nSPS) is 13.9. The minimum Gasteiger partial charge on any atom is -0.437 e. The lowest BCUT2D eigenvalue weighted by molar-refractivity contribution is 0.390. The maximum atomic E-state index is 6.50. The monoisotopic (exact) mass is 320 g/mol. The first-order valence-corrected chi connectivity index (χ1v) is 17.2. The van der Waals surface area contributed by atoms with Gasteiger partial charge in [-0.15, -0.1) is 0 Å². The van der Waals surface area contributed by atoms with E-state index >= 15 is 0 Å². The molecular formula is C14H36O2Si3. The zero-order chi connectivity index (χ0) is 15.2. The van der Waals surface area contributed by atoms with Gasteiger partial charge in [-0.3, -0.25) is 0 Å². The number of rotatable bonds is 10. The van der Waals surface area contributed by atoms with E-state index in [2.05, 4.69) is 52.8 Å². The first-order valence-electron chi connectivity index (χ1n) is 7.88. The molecule has 0 amide bonds. The highest BCUT2D eigenvalue weighted by atomic mass is 28.5. The molecule has 2 nitrogen and oxygen atoms in total. The molecule has 0 aliphatic carbocycles. The van der Waals surface area contributed by atoms with Crippen molar-refractivity contribution in [1.82, 2.24) is 0 Å². The van der Waals surface area contributed by atoms with Crippen LogP contribution in [-0.2, 0) is 8.23 Å². The minimum atomic E-state index is -1.93. The van der Waals surface area contributed by atoms with Crippen LogP contribution in [0.2, 0.25) is 51.9 Å². The van der Waals surface area contributed by atoms with E-state index in [1.807, 2.05) is 0 Å². The van der Waals surface area contributed by atoms with Crippen LogP contribution < -0.4 is 0 Å². The molecule has 5 heteroatoms. The summed E-state index contributed by atoms with van der Waals surface area (Å²) in [5.74, 6) is 0.